The Labute approximate surface area is 117 Å². The van der Waals surface area contributed by atoms with E-state index >= 15 is 0 Å². The first kappa shape index (κ1) is 13.6. The summed E-state index contributed by atoms with van der Waals surface area (Å²) in [5.41, 5.74) is 2.37. The molecule has 2 aromatic rings. The Morgan fingerprint density at radius 1 is 0.833 bits per heavy atom. The van der Waals surface area contributed by atoms with Gasteiger partial charge in [0.15, 0.2) is 7.14 Å². The highest BCUT2D eigenvalue weighted by Crippen LogP contribution is 2.44. The van der Waals surface area contributed by atoms with Crippen LogP contribution >= 0.6 is 23.1 Å². The van der Waals surface area contributed by atoms with Crippen molar-refractivity contribution in [1.29, 1.82) is 0 Å². The summed E-state index contributed by atoms with van der Waals surface area (Å²) in [6, 6.07) is 15.9. The van der Waals surface area contributed by atoms with Crippen LogP contribution in [0.25, 0.3) is 0 Å². The molecule has 3 heteroatoms. The highest BCUT2D eigenvalue weighted by Gasteiger charge is 2.25. The van der Waals surface area contributed by atoms with Gasteiger partial charge in [-0.05, 0) is 13.8 Å². The Bertz CT molecular complexity index is 523. The molecule has 0 aliphatic rings. The fourth-order valence-corrected chi connectivity index (χ4v) is 5.43. The molecule has 0 spiro atoms. The lowest BCUT2D eigenvalue weighted by molar-refractivity contribution is 0.590. The van der Waals surface area contributed by atoms with Crippen LogP contribution in [-0.2, 0) is 4.57 Å². The van der Waals surface area contributed by atoms with Gasteiger partial charge in [0.25, 0.3) is 0 Å². The van der Waals surface area contributed by atoms with E-state index in [1.165, 1.54) is 11.1 Å². The minimum absolute atomic E-state index is 0.478. The Balaban J connectivity index is 2.51. The normalized spacial score (nSPS) is 11.5. The van der Waals surface area contributed by atoms with Crippen molar-refractivity contribution < 1.29 is 4.57 Å². The molecule has 94 valence electrons. The number of benzene rings is 2. The van der Waals surface area contributed by atoms with Gasteiger partial charge in [0.1, 0.15) is 0 Å². The summed E-state index contributed by atoms with van der Waals surface area (Å²) < 4.78 is 13.2. The summed E-state index contributed by atoms with van der Waals surface area (Å²) in [5, 5.41) is 2.30. The third kappa shape index (κ3) is 2.60. The Hall–Kier alpha value is -0.850. The molecule has 0 unspecified atom stereocenters. The van der Waals surface area contributed by atoms with Crippen molar-refractivity contribution in [3.8, 4) is 0 Å². The molecule has 0 saturated heterocycles. The molecular weight excluding hydrogens is 307 g/mol. The van der Waals surface area contributed by atoms with E-state index in [1.54, 1.807) is 0 Å². The maximum atomic E-state index is 13.2. The number of aryl methyl sites for hydroxylation is 2. The molecule has 0 heterocycles. The van der Waals surface area contributed by atoms with Crippen molar-refractivity contribution in [2.75, 3.05) is 5.07 Å². The maximum absolute atomic E-state index is 13.2. The van der Waals surface area contributed by atoms with Gasteiger partial charge in [-0.25, -0.2) is 0 Å². The van der Waals surface area contributed by atoms with Gasteiger partial charge in [-0.3, -0.25) is 0 Å². The van der Waals surface area contributed by atoms with E-state index in [0.29, 0.717) is 5.07 Å². The second kappa shape index (κ2) is 5.42. The average molecular weight is 323 g/mol. The van der Waals surface area contributed by atoms with E-state index in [9.17, 15) is 4.57 Å². The molecule has 0 aliphatic carbocycles. The van der Waals surface area contributed by atoms with Crippen molar-refractivity contribution >= 4 is 33.7 Å². The molecule has 2 aromatic carbocycles. The van der Waals surface area contributed by atoms with E-state index in [-0.39, 0.29) is 0 Å². The predicted octanol–water partition coefficient (Wildman–Crippen LogP) is 3.97. The SMILES string of the molecule is Cc1ccc(P(=O)(CBr)c2ccc(C)cc2)cc1. The molecule has 0 bridgehead atoms. The number of hydrogen-bond donors (Lipinski definition) is 0. The van der Waals surface area contributed by atoms with Crippen LogP contribution in [0.3, 0.4) is 0 Å². The molecule has 2 rings (SSSR count). The minimum Gasteiger partial charge on any atom is -0.313 e. The lowest BCUT2D eigenvalue weighted by atomic mass is 10.2. The molecule has 0 aromatic heterocycles. The zero-order valence-corrected chi connectivity index (χ0v) is 13.0. The monoisotopic (exact) mass is 322 g/mol. The third-order valence-electron chi connectivity index (χ3n) is 3.07. The van der Waals surface area contributed by atoms with Crippen LogP contribution in [0.15, 0.2) is 48.5 Å². The zero-order valence-electron chi connectivity index (χ0n) is 10.6. The van der Waals surface area contributed by atoms with Crippen LogP contribution in [0.1, 0.15) is 11.1 Å². The first-order chi connectivity index (χ1) is 8.56. The second-order valence-electron chi connectivity index (χ2n) is 4.53. The van der Waals surface area contributed by atoms with Gasteiger partial charge in [0.2, 0.25) is 0 Å². The molecule has 1 nitrogen and oxygen atoms in total. The Kier molecular flexibility index (Phi) is 4.09. The average Bonchev–Trinajstić information content (AvgIpc) is 2.39. The molecule has 0 aliphatic heterocycles. The summed E-state index contributed by atoms with van der Waals surface area (Å²) in [6.45, 7) is 4.07. The number of alkyl halides is 1. The molecular formula is C15H16BrOP. The van der Waals surface area contributed by atoms with E-state index < -0.39 is 7.14 Å². The van der Waals surface area contributed by atoms with Gasteiger partial charge >= 0.3 is 0 Å². The zero-order chi connectivity index (χ0) is 13.2. The molecule has 0 saturated carbocycles. The van der Waals surface area contributed by atoms with Crippen molar-refractivity contribution in [3.05, 3.63) is 59.7 Å². The van der Waals surface area contributed by atoms with Gasteiger partial charge in [0.05, 0.1) is 5.07 Å². The summed E-state index contributed by atoms with van der Waals surface area (Å²) in [6.07, 6.45) is 0. The third-order valence-corrected chi connectivity index (χ3v) is 7.79. The van der Waals surface area contributed by atoms with Crippen molar-refractivity contribution in [2.24, 2.45) is 0 Å². The van der Waals surface area contributed by atoms with Gasteiger partial charge < -0.3 is 4.57 Å². The molecule has 18 heavy (non-hydrogen) atoms. The highest BCUT2D eigenvalue weighted by atomic mass is 79.9. The Morgan fingerprint density at radius 2 is 1.17 bits per heavy atom. The van der Waals surface area contributed by atoms with Crippen LogP contribution in [-0.4, -0.2) is 5.07 Å². The van der Waals surface area contributed by atoms with Crippen LogP contribution in [0.5, 0.6) is 0 Å². The van der Waals surface area contributed by atoms with Crippen LogP contribution in [0.4, 0.5) is 0 Å². The van der Waals surface area contributed by atoms with Crippen LogP contribution in [0.2, 0.25) is 0 Å². The molecule has 0 radical (unpaired) electrons. The number of hydrogen-bond acceptors (Lipinski definition) is 1. The van der Waals surface area contributed by atoms with E-state index in [2.05, 4.69) is 15.9 Å². The molecule has 0 fully saturated rings. The largest absolute Gasteiger partial charge is 0.313 e. The maximum Gasteiger partial charge on any atom is 0.153 e. The standard InChI is InChI=1S/C15H16BrOP/c1-12-3-7-14(8-4-12)18(17,11-16)15-9-5-13(2)6-10-15/h3-10H,11H2,1-2H3. The Morgan fingerprint density at radius 3 is 1.44 bits per heavy atom. The summed E-state index contributed by atoms with van der Waals surface area (Å²) in [5.74, 6) is 0. The second-order valence-corrected chi connectivity index (χ2v) is 8.79. The quantitative estimate of drug-likeness (QED) is 0.617. The van der Waals surface area contributed by atoms with Crippen molar-refractivity contribution in [2.45, 2.75) is 13.8 Å². The predicted molar refractivity (Wildman–Crippen MR) is 83.0 cm³/mol. The number of halogens is 1. The first-order valence-corrected chi connectivity index (χ1v) is 8.87. The van der Waals surface area contributed by atoms with E-state index in [1.807, 2.05) is 62.4 Å². The smallest absolute Gasteiger partial charge is 0.153 e. The van der Waals surface area contributed by atoms with Gasteiger partial charge in [-0.2, -0.15) is 0 Å². The van der Waals surface area contributed by atoms with Crippen molar-refractivity contribution in [1.82, 2.24) is 0 Å². The first-order valence-electron chi connectivity index (χ1n) is 5.86. The minimum atomic E-state index is -2.53. The summed E-state index contributed by atoms with van der Waals surface area (Å²) in [4.78, 5) is 0. The summed E-state index contributed by atoms with van der Waals surface area (Å²) in [7, 11) is -2.53. The topological polar surface area (TPSA) is 17.1 Å². The van der Waals surface area contributed by atoms with Crippen molar-refractivity contribution in [3.63, 3.8) is 0 Å². The fraction of sp³-hybridized carbons (Fsp3) is 0.200. The molecule has 0 N–H and O–H groups in total. The lowest BCUT2D eigenvalue weighted by Crippen LogP contribution is -2.16. The molecule has 0 atom stereocenters. The van der Waals surface area contributed by atoms with E-state index in [4.69, 9.17) is 0 Å². The lowest BCUT2D eigenvalue weighted by Gasteiger charge is -2.17. The van der Waals surface area contributed by atoms with Crippen LogP contribution < -0.4 is 10.6 Å². The van der Waals surface area contributed by atoms with Crippen LogP contribution in [0, 0.1) is 13.8 Å². The highest BCUT2D eigenvalue weighted by molar-refractivity contribution is 9.10. The molecule has 0 amide bonds. The van der Waals surface area contributed by atoms with Gasteiger partial charge in [-0.1, -0.05) is 75.6 Å². The fourth-order valence-electron chi connectivity index (χ4n) is 1.86. The van der Waals surface area contributed by atoms with Gasteiger partial charge in [-0.15, -0.1) is 0 Å². The van der Waals surface area contributed by atoms with E-state index in [0.717, 1.165) is 10.6 Å². The van der Waals surface area contributed by atoms with Gasteiger partial charge in [0, 0.05) is 10.6 Å². The number of rotatable bonds is 3. The summed E-state index contributed by atoms with van der Waals surface area (Å²) >= 11 is 3.42.